The second-order valence-electron chi connectivity index (χ2n) is 6.48. The van der Waals surface area contributed by atoms with Crippen molar-refractivity contribution in [1.29, 1.82) is 0 Å². The minimum absolute atomic E-state index is 0. The lowest BCUT2D eigenvalue weighted by Crippen LogP contribution is -2.49. The van der Waals surface area contributed by atoms with Crippen molar-refractivity contribution in [1.82, 2.24) is 0 Å². The Morgan fingerprint density at radius 2 is 1.12 bits per heavy atom. The van der Waals surface area contributed by atoms with Crippen molar-refractivity contribution in [2.75, 3.05) is 61.9 Å². The lowest BCUT2D eigenvalue weighted by atomic mass is 10.2. The minimum atomic E-state index is 0. The average Bonchev–Trinajstić information content (AvgIpc) is 2.58. The Balaban J connectivity index is 0.00000312. The number of quaternary nitrogens is 1. The van der Waals surface area contributed by atoms with Gasteiger partial charge in [-0.1, -0.05) is 0 Å². The van der Waals surface area contributed by atoms with Crippen molar-refractivity contribution in [2.24, 2.45) is 0 Å². The zero-order valence-corrected chi connectivity index (χ0v) is 15.8. The van der Waals surface area contributed by atoms with E-state index in [4.69, 9.17) is 11.5 Å². The van der Waals surface area contributed by atoms with Crippen molar-refractivity contribution in [2.45, 2.75) is 6.92 Å². The standard InChI is InChI=1S/C19H30N5.CH3/c1-3-24(2,14-12-22-18-8-4-16(20)5-9-18)15-13-23-19-10-6-17(21)7-11-19;/h4-11,22-23H,3,12-15,20-21H2,1-2H3;1H3/q+1;-1. The molecule has 0 atom stereocenters. The largest absolute Gasteiger partial charge is 0.399 e. The molecule has 2 aromatic rings. The van der Waals surface area contributed by atoms with Crippen LogP contribution in [0.2, 0.25) is 0 Å². The van der Waals surface area contributed by atoms with E-state index in [1.165, 1.54) is 0 Å². The van der Waals surface area contributed by atoms with Gasteiger partial charge in [0.25, 0.3) is 0 Å². The smallest absolute Gasteiger partial charge is 0.0960 e. The Hall–Kier alpha value is -2.40. The lowest BCUT2D eigenvalue weighted by Gasteiger charge is -2.34. The maximum atomic E-state index is 5.71. The molecule has 0 aromatic heterocycles. The van der Waals surface area contributed by atoms with Gasteiger partial charge in [0.15, 0.2) is 0 Å². The summed E-state index contributed by atoms with van der Waals surface area (Å²) < 4.78 is 1.02. The number of nitrogens with zero attached hydrogens (tertiary/aromatic N) is 1. The quantitative estimate of drug-likeness (QED) is 0.320. The van der Waals surface area contributed by atoms with Crippen molar-refractivity contribution < 1.29 is 4.48 Å². The summed E-state index contributed by atoms with van der Waals surface area (Å²) in [6.45, 7) is 7.38. The molecule has 138 valence electrons. The van der Waals surface area contributed by atoms with E-state index in [1.54, 1.807) is 0 Å². The highest BCUT2D eigenvalue weighted by Crippen LogP contribution is 2.12. The SMILES string of the molecule is CC[N+](C)(CCNc1ccc(N)cc1)CCNc1ccc(N)cc1.[CH3-]. The Morgan fingerprint density at radius 1 is 0.760 bits per heavy atom. The molecule has 0 fully saturated rings. The number of anilines is 4. The fourth-order valence-corrected chi connectivity index (χ4v) is 2.57. The normalized spacial score (nSPS) is 10.8. The van der Waals surface area contributed by atoms with E-state index in [9.17, 15) is 0 Å². The van der Waals surface area contributed by atoms with Crippen molar-refractivity contribution >= 4 is 22.7 Å². The van der Waals surface area contributed by atoms with E-state index in [0.717, 1.165) is 60.0 Å². The molecule has 2 aromatic carbocycles. The number of hydrogen-bond donors (Lipinski definition) is 4. The zero-order valence-electron chi connectivity index (χ0n) is 15.8. The van der Waals surface area contributed by atoms with Gasteiger partial charge in [0.05, 0.1) is 39.8 Å². The molecule has 0 aliphatic rings. The molecule has 0 aliphatic carbocycles. The first-order chi connectivity index (χ1) is 11.5. The number of likely N-dealkylation sites (N-methyl/N-ethyl adjacent to an activating group) is 1. The van der Waals surface area contributed by atoms with Crippen LogP contribution in [-0.2, 0) is 0 Å². The topological polar surface area (TPSA) is 76.1 Å². The fraction of sp³-hybridized carbons (Fsp3) is 0.350. The van der Waals surface area contributed by atoms with Crippen LogP contribution >= 0.6 is 0 Å². The summed E-state index contributed by atoms with van der Waals surface area (Å²) in [5.41, 5.74) is 15.2. The maximum Gasteiger partial charge on any atom is 0.0960 e. The molecule has 25 heavy (non-hydrogen) atoms. The molecule has 0 radical (unpaired) electrons. The molecule has 0 heterocycles. The molecule has 0 aliphatic heterocycles. The van der Waals surface area contributed by atoms with E-state index in [1.807, 2.05) is 48.5 Å². The summed E-state index contributed by atoms with van der Waals surface area (Å²) in [7, 11) is 2.30. The van der Waals surface area contributed by atoms with Gasteiger partial charge in [0, 0.05) is 22.7 Å². The van der Waals surface area contributed by atoms with E-state index < -0.39 is 0 Å². The highest BCUT2D eigenvalue weighted by molar-refractivity contribution is 5.51. The van der Waals surface area contributed by atoms with Gasteiger partial charge < -0.3 is 34.0 Å². The highest BCUT2D eigenvalue weighted by atomic mass is 15.3. The van der Waals surface area contributed by atoms with Gasteiger partial charge >= 0.3 is 0 Å². The van der Waals surface area contributed by atoms with E-state index >= 15 is 0 Å². The molecule has 6 N–H and O–H groups in total. The average molecular weight is 344 g/mol. The van der Waals surface area contributed by atoms with Crippen LogP contribution in [0.4, 0.5) is 22.7 Å². The maximum absolute atomic E-state index is 5.71. The summed E-state index contributed by atoms with van der Waals surface area (Å²) >= 11 is 0. The Bertz CT molecular complexity index is 555. The first kappa shape index (κ1) is 20.6. The van der Waals surface area contributed by atoms with Crippen LogP contribution < -0.4 is 22.1 Å². The molecule has 5 nitrogen and oxygen atoms in total. The molecule has 0 unspecified atom stereocenters. The van der Waals surface area contributed by atoms with Crippen molar-refractivity contribution in [3.8, 4) is 0 Å². The number of rotatable bonds is 9. The van der Waals surface area contributed by atoms with Gasteiger partial charge in [-0.2, -0.15) is 0 Å². The van der Waals surface area contributed by atoms with E-state index in [-0.39, 0.29) is 7.43 Å². The number of benzene rings is 2. The fourth-order valence-electron chi connectivity index (χ4n) is 2.57. The second kappa shape index (κ2) is 9.79. The number of hydrogen-bond acceptors (Lipinski definition) is 4. The van der Waals surface area contributed by atoms with Gasteiger partial charge in [-0.3, -0.25) is 0 Å². The summed E-state index contributed by atoms with van der Waals surface area (Å²) in [4.78, 5) is 0. The third-order valence-corrected chi connectivity index (χ3v) is 4.55. The summed E-state index contributed by atoms with van der Waals surface area (Å²) in [5.74, 6) is 0. The van der Waals surface area contributed by atoms with E-state index in [0.29, 0.717) is 0 Å². The predicted octanol–water partition coefficient (Wildman–Crippen LogP) is 3.29. The number of nitrogens with two attached hydrogens (primary N) is 2. The highest BCUT2D eigenvalue weighted by Gasteiger charge is 2.18. The summed E-state index contributed by atoms with van der Waals surface area (Å²) in [5, 5.41) is 6.94. The second-order valence-corrected chi connectivity index (χ2v) is 6.48. The van der Waals surface area contributed by atoms with E-state index in [2.05, 4.69) is 24.6 Å². The van der Waals surface area contributed by atoms with Gasteiger partial charge in [-0.25, -0.2) is 0 Å². The molecular weight excluding hydrogens is 310 g/mol. The molecule has 0 spiro atoms. The van der Waals surface area contributed by atoms with Crippen molar-refractivity contribution in [3.05, 3.63) is 56.0 Å². The molecular formula is C20H33N5. The third-order valence-electron chi connectivity index (χ3n) is 4.55. The minimum Gasteiger partial charge on any atom is -0.399 e. The van der Waals surface area contributed by atoms with Crippen LogP contribution in [0.3, 0.4) is 0 Å². The van der Waals surface area contributed by atoms with Gasteiger partial charge in [-0.05, 0) is 55.5 Å². The van der Waals surface area contributed by atoms with Crippen LogP contribution in [0.1, 0.15) is 6.92 Å². The van der Waals surface area contributed by atoms with Crippen LogP contribution in [0, 0.1) is 7.43 Å². The van der Waals surface area contributed by atoms with Crippen molar-refractivity contribution in [3.63, 3.8) is 0 Å². The molecule has 2 rings (SSSR count). The predicted molar refractivity (Wildman–Crippen MR) is 112 cm³/mol. The Labute approximate surface area is 152 Å². The molecule has 5 heteroatoms. The molecule has 0 amide bonds. The first-order valence-electron chi connectivity index (χ1n) is 8.53. The van der Waals surface area contributed by atoms with Crippen LogP contribution in [0.25, 0.3) is 0 Å². The first-order valence-corrected chi connectivity index (χ1v) is 8.53. The molecule has 0 bridgehead atoms. The van der Waals surface area contributed by atoms with Gasteiger partial charge in [-0.15, -0.1) is 0 Å². The molecule has 0 saturated heterocycles. The van der Waals surface area contributed by atoms with Crippen LogP contribution in [0.5, 0.6) is 0 Å². The lowest BCUT2D eigenvalue weighted by molar-refractivity contribution is -0.904. The monoisotopic (exact) mass is 343 g/mol. The van der Waals surface area contributed by atoms with Crippen LogP contribution in [-0.4, -0.2) is 44.3 Å². The Kier molecular flexibility index (Phi) is 8.08. The summed E-state index contributed by atoms with van der Waals surface area (Å²) in [6.07, 6.45) is 0. The zero-order chi connectivity index (χ0) is 17.4. The van der Waals surface area contributed by atoms with Crippen LogP contribution in [0.15, 0.2) is 48.5 Å². The third kappa shape index (κ3) is 6.93. The Morgan fingerprint density at radius 3 is 1.44 bits per heavy atom. The van der Waals surface area contributed by atoms with Gasteiger partial charge in [0.1, 0.15) is 0 Å². The number of nitrogens with one attached hydrogen (secondary N) is 2. The van der Waals surface area contributed by atoms with Gasteiger partial charge in [0.2, 0.25) is 0 Å². The molecule has 0 saturated carbocycles. The number of nitrogen functional groups attached to an aromatic ring is 2. The summed E-state index contributed by atoms with van der Waals surface area (Å²) in [6, 6.07) is 15.8.